The Balaban J connectivity index is 2.27. The minimum absolute atomic E-state index is 0.166. The predicted molar refractivity (Wildman–Crippen MR) is 101 cm³/mol. The van der Waals surface area contributed by atoms with Crippen LogP contribution in [-0.4, -0.2) is 22.9 Å². The summed E-state index contributed by atoms with van der Waals surface area (Å²) in [6.45, 7) is 12.1. The Kier molecular flexibility index (Phi) is 4.97. The first kappa shape index (κ1) is 18.0. The molecule has 1 amide bonds. The van der Waals surface area contributed by atoms with Crippen molar-refractivity contribution in [3.8, 4) is 0 Å². The summed E-state index contributed by atoms with van der Waals surface area (Å²) in [7, 11) is 0. The quantitative estimate of drug-likeness (QED) is 0.612. The Morgan fingerprint density at radius 2 is 1.54 bits per heavy atom. The first-order valence-corrected chi connectivity index (χ1v) is 8.22. The van der Waals surface area contributed by atoms with Gasteiger partial charge >= 0.3 is 0 Å². The number of guanidine groups is 1. The van der Waals surface area contributed by atoms with Gasteiger partial charge in [-0.15, -0.1) is 0 Å². The van der Waals surface area contributed by atoms with E-state index < -0.39 is 0 Å². The van der Waals surface area contributed by atoms with Crippen LogP contribution in [0.15, 0.2) is 47.5 Å². The van der Waals surface area contributed by atoms with Crippen molar-refractivity contribution >= 4 is 22.6 Å². The van der Waals surface area contributed by atoms with Crippen LogP contribution in [-0.2, 0) is 0 Å². The summed E-state index contributed by atoms with van der Waals surface area (Å²) in [4.78, 5) is 17.2. The summed E-state index contributed by atoms with van der Waals surface area (Å²) in [6.07, 6.45) is 0. The summed E-state index contributed by atoms with van der Waals surface area (Å²) in [6, 6.07) is 13.7. The van der Waals surface area contributed by atoms with Crippen molar-refractivity contribution in [2.75, 3.05) is 0 Å². The maximum atomic E-state index is 12.6. The van der Waals surface area contributed by atoms with E-state index in [0.717, 1.165) is 10.8 Å². The maximum Gasteiger partial charge on any atom is 0.257 e. The van der Waals surface area contributed by atoms with E-state index in [-0.39, 0.29) is 17.0 Å². The third kappa shape index (κ3) is 5.37. The lowest BCUT2D eigenvalue weighted by atomic mass is 10.1. The number of benzene rings is 2. The number of hydrogen-bond acceptors (Lipinski definition) is 2. The van der Waals surface area contributed by atoms with Crippen LogP contribution in [0.1, 0.15) is 51.9 Å². The minimum Gasteiger partial charge on any atom is -0.351 e. The van der Waals surface area contributed by atoms with Crippen molar-refractivity contribution < 1.29 is 4.79 Å². The average molecular weight is 325 g/mol. The standard InChI is InChI=1S/C20H27N3O/c1-19(2,3)22-18(23-20(4,5)6)21-17(24)16-12-11-14-9-7-8-10-15(14)13-16/h7-13H,1-6H3,(H2,21,22,23,24). The minimum atomic E-state index is -0.287. The highest BCUT2D eigenvalue weighted by Gasteiger charge is 2.18. The van der Waals surface area contributed by atoms with Crippen LogP contribution < -0.4 is 10.6 Å². The first-order valence-electron chi connectivity index (χ1n) is 8.22. The number of carbonyl (C=O) groups is 1. The molecule has 0 bridgehead atoms. The summed E-state index contributed by atoms with van der Waals surface area (Å²) >= 11 is 0. The summed E-state index contributed by atoms with van der Waals surface area (Å²) < 4.78 is 0. The number of carbonyl (C=O) groups excluding carboxylic acids is 1. The van der Waals surface area contributed by atoms with E-state index in [1.165, 1.54) is 0 Å². The summed E-state index contributed by atoms with van der Waals surface area (Å²) in [5.41, 5.74) is 0.136. The Bertz CT molecular complexity index is 764. The highest BCUT2D eigenvalue weighted by Crippen LogP contribution is 2.15. The van der Waals surface area contributed by atoms with Crippen LogP contribution in [0.3, 0.4) is 0 Å². The van der Waals surface area contributed by atoms with E-state index in [9.17, 15) is 4.79 Å². The van der Waals surface area contributed by atoms with Gasteiger partial charge in [0.2, 0.25) is 0 Å². The molecule has 4 nitrogen and oxygen atoms in total. The molecule has 0 aliphatic rings. The van der Waals surface area contributed by atoms with Gasteiger partial charge in [0.15, 0.2) is 5.96 Å². The summed E-state index contributed by atoms with van der Waals surface area (Å²) in [5, 5.41) is 8.34. The normalized spacial score (nSPS) is 13.0. The smallest absolute Gasteiger partial charge is 0.257 e. The van der Waals surface area contributed by atoms with Crippen LogP contribution in [0, 0.1) is 0 Å². The van der Waals surface area contributed by atoms with Crippen LogP contribution >= 0.6 is 0 Å². The van der Waals surface area contributed by atoms with Gasteiger partial charge in [0.25, 0.3) is 5.91 Å². The third-order valence-corrected chi connectivity index (χ3v) is 3.18. The fourth-order valence-corrected chi connectivity index (χ4v) is 2.29. The maximum absolute atomic E-state index is 12.6. The molecular weight excluding hydrogens is 298 g/mol. The monoisotopic (exact) mass is 325 g/mol. The molecule has 0 aromatic heterocycles. The molecule has 0 radical (unpaired) electrons. The van der Waals surface area contributed by atoms with Crippen LogP contribution in [0.4, 0.5) is 0 Å². The van der Waals surface area contributed by atoms with Crippen molar-refractivity contribution in [3.63, 3.8) is 0 Å². The summed E-state index contributed by atoms with van der Waals surface area (Å²) in [5.74, 6) is 0.327. The van der Waals surface area contributed by atoms with Crippen molar-refractivity contribution in [1.29, 1.82) is 0 Å². The van der Waals surface area contributed by atoms with Gasteiger partial charge in [-0.1, -0.05) is 30.3 Å². The van der Waals surface area contributed by atoms with E-state index in [4.69, 9.17) is 0 Å². The van der Waals surface area contributed by atoms with E-state index in [0.29, 0.717) is 11.5 Å². The molecule has 2 rings (SSSR count). The third-order valence-electron chi connectivity index (χ3n) is 3.18. The lowest BCUT2D eigenvalue weighted by molar-refractivity contribution is 0.0975. The molecule has 0 atom stereocenters. The second-order valence-electron chi connectivity index (χ2n) is 8.02. The van der Waals surface area contributed by atoms with E-state index in [1.807, 2.05) is 84.0 Å². The molecule has 0 saturated carbocycles. The number of fused-ring (bicyclic) bond motifs is 1. The van der Waals surface area contributed by atoms with Gasteiger partial charge in [-0.2, -0.15) is 0 Å². The zero-order valence-electron chi connectivity index (χ0n) is 15.4. The molecule has 0 aliphatic heterocycles. The fraction of sp³-hybridized carbons (Fsp3) is 0.400. The second kappa shape index (κ2) is 6.63. The van der Waals surface area contributed by atoms with Gasteiger partial charge in [0.05, 0.1) is 5.54 Å². The van der Waals surface area contributed by atoms with E-state index in [1.54, 1.807) is 0 Å². The number of rotatable bonds is 1. The Labute approximate surface area is 144 Å². The number of nitrogens with zero attached hydrogens (tertiary/aromatic N) is 1. The second-order valence-corrected chi connectivity index (χ2v) is 8.02. The molecule has 2 aromatic carbocycles. The van der Waals surface area contributed by atoms with Crippen molar-refractivity contribution in [3.05, 3.63) is 48.0 Å². The Hall–Kier alpha value is -2.36. The fourth-order valence-electron chi connectivity index (χ4n) is 2.29. The number of aliphatic imine (C=N–C) groups is 1. The van der Waals surface area contributed by atoms with Gasteiger partial charge in [0.1, 0.15) is 0 Å². The molecule has 0 unspecified atom stereocenters. The number of amides is 1. The number of hydrogen-bond donors (Lipinski definition) is 2. The van der Waals surface area contributed by atoms with Crippen molar-refractivity contribution in [1.82, 2.24) is 10.6 Å². The largest absolute Gasteiger partial charge is 0.351 e. The molecule has 0 heterocycles. The molecule has 0 spiro atoms. The molecule has 2 aromatic rings. The highest BCUT2D eigenvalue weighted by atomic mass is 16.1. The topological polar surface area (TPSA) is 53.5 Å². The van der Waals surface area contributed by atoms with Gasteiger partial charge in [-0.25, -0.2) is 4.99 Å². The molecule has 24 heavy (non-hydrogen) atoms. The molecule has 2 N–H and O–H groups in total. The zero-order chi connectivity index (χ0) is 18.0. The van der Waals surface area contributed by atoms with Gasteiger partial charge in [0, 0.05) is 11.1 Å². The Morgan fingerprint density at radius 3 is 2.12 bits per heavy atom. The molecule has 128 valence electrons. The van der Waals surface area contributed by atoms with Crippen LogP contribution in [0.5, 0.6) is 0 Å². The SMILES string of the molecule is CC(C)(C)N=C(NC(=O)c1ccc2ccccc2c1)NC(C)(C)C. The highest BCUT2D eigenvalue weighted by molar-refractivity contribution is 6.07. The van der Waals surface area contributed by atoms with E-state index in [2.05, 4.69) is 15.6 Å². The number of nitrogens with one attached hydrogen (secondary N) is 2. The first-order chi connectivity index (χ1) is 11.0. The average Bonchev–Trinajstić information content (AvgIpc) is 2.43. The Morgan fingerprint density at radius 1 is 0.917 bits per heavy atom. The van der Waals surface area contributed by atoms with Crippen LogP contribution in [0.2, 0.25) is 0 Å². The lowest BCUT2D eigenvalue weighted by Gasteiger charge is -2.26. The van der Waals surface area contributed by atoms with Gasteiger partial charge in [-0.3, -0.25) is 10.1 Å². The van der Waals surface area contributed by atoms with Gasteiger partial charge < -0.3 is 5.32 Å². The molecule has 0 saturated heterocycles. The molecule has 4 heteroatoms. The molecule has 0 fully saturated rings. The zero-order valence-corrected chi connectivity index (χ0v) is 15.4. The van der Waals surface area contributed by atoms with Gasteiger partial charge in [-0.05, 0) is 64.4 Å². The molecule has 0 aliphatic carbocycles. The van der Waals surface area contributed by atoms with E-state index >= 15 is 0 Å². The van der Waals surface area contributed by atoms with Crippen LogP contribution in [0.25, 0.3) is 10.8 Å². The van der Waals surface area contributed by atoms with Crippen molar-refractivity contribution in [2.24, 2.45) is 4.99 Å². The lowest BCUT2D eigenvalue weighted by Crippen LogP contribution is -2.50. The van der Waals surface area contributed by atoms with Crippen molar-refractivity contribution in [2.45, 2.75) is 52.6 Å². The predicted octanol–water partition coefficient (Wildman–Crippen LogP) is 4.11. The molecular formula is C20H27N3O.